The number of carboxylic acids is 1. The van der Waals surface area contributed by atoms with Crippen molar-refractivity contribution in [3.8, 4) is 5.75 Å². The number of carbonyl (C=O) groups is 1. The van der Waals surface area contributed by atoms with E-state index >= 15 is 0 Å². The number of aromatic carboxylic acids is 1. The molecule has 1 atom stereocenters. The zero-order valence-corrected chi connectivity index (χ0v) is 11.9. The Kier molecular flexibility index (Phi) is 4.57. The fraction of sp³-hybridized carbons (Fsp3) is 0.333. The van der Waals surface area contributed by atoms with Crippen molar-refractivity contribution in [3.63, 3.8) is 0 Å². The average molecular weight is 292 g/mol. The molecule has 5 nitrogen and oxygen atoms in total. The van der Waals surface area contributed by atoms with Gasteiger partial charge < -0.3 is 9.84 Å². The van der Waals surface area contributed by atoms with Crippen molar-refractivity contribution in [1.82, 2.24) is 9.78 Å². The number of hydrogen-bond donors (Lipinski definition) is 1. The van der Waals surface area contributed by atoms with E-state index < -0.39 is 11.8 Å². The highest BCUT2D eigenvalue weighted by Crippen LogP contribution is 2.18. The normalized spacial score (nSPS) is 12.1. The Balaban J connectivity index is 2.06. The van der Waals surface area contributed by atoms with Crippen molar-refractivity contribution in [2.24, 2.45) is 0 Å². The summed E-state index contributed by atoms with van der Waals surface area (Å²) in [7, 11) is 0. The first-order valence-corrected chi connectivity index (χ1v) is 6.70. The lowest BCUT2D eigenvalue weighted by atomic mass is 10.2. The van der Waals surface area contributed by atoms with Crippen LogP contribution in [0.2, 0.25) is 0 Å². The Bertz CT molecular complexity index is 640. The van der Waals surface area contributed by atoms with E-state index in [2.05, 4.69) is 18.9 Å². The number of rotatable bonds is 6. The van der Waals surface area contributed by atoms with Gasteiger partial charge in [-0.25, -0.2) is 9.18 Å². The molecule has 112 valence electrons. The van der Waals surface area contributed by atoms with Crippen LogP contribution in [0.15, 0.2) is 30.5 Å². The lowest BCUT2D eigenvalue weighted by Crippen LogP contribution is -2.06. The van der Waals surface area contributed by atoms with Crippen LogP contribution in [0.3, 0.4) is 0 Å². The van der Waals surface area contributed by atoms with Crippen molar-refractivity contribution in [3.05, 3.63) is 47.5 Å². The van der Waals surface area contributed by atoms with Crippen LogP contribution < -0.4 is 4.74 Å². The number of hydrogen-bond acceptors (Lipinski definition) is 3. The average Bonchev–Trinajstić information content (AvgIpc) is 2.92. The molecule has 0 amide bonds. The summed E-state index contributed by atoms with van der Waals surface area (Å²) in [6, 6.07) is 5.51. The number of benzene rings is 1. The molecule has 0 aliphatic rings. The molecule has 1 aromatic carbocycles. The van der Waals surface area contributed by atoms with Crippen LogP contribution in [-0.2, 0) is 6.61 Å². The third kappa shape index (κ3) is 3.81. The van der Waals surface area contributed by atoms with E-state index in [0.29, 0.717) is 11.7 Å². The van der Waals surface area contributed by atoms with E-state index in [-0.39, 0.29) is 17.9 Å². The molecule has 0 radical (unpaired) electrons. The van der Waals surface area contributed by atoms with Crippen molar-refractivity contribution < 1.29 is 19.0 Å². The molecular weight excluding hydrogens is 275 g/mol. The second-order valence-electron chi connectivity index (χ2n) is 4.81. The Morgan fingerprint density at radius 1 is 1.48 bits per heavy atom. The molecule has 0 saturated carbocycles. The van der Waals surface area contributed by atoms with Gasteiger partial charge in [-0.05, 0) is 31.5 Å². The summed E-state index contributed by atoms with van der Waals surface area (Å²) in [5.41, 5.74) is 0.562. The van der Waals surface area contributed by atoms with Crippen molar-refractivity contribution in [2.75, 3.05) is 0 Å². The predicted octanol–water partition coefficient (Wildman–Crippen LogP) is 3.27. The summed E-state index contributed by atoms with van der Waals surface area (Å²) >= 11 is 0. The molecule has 0 bridgehead atoms. The van der Waals surface area contributed by atoms with Gasteiger partial charge in [0, 0.05) is 18.3 Å². The second kappa shape index (κ2) is 6.39. The van der Waals surface area contributed by atoms with E-state index in [1.54, 1.807) is 0 Å². The van der Waals surface area contributed by atoms with Crippen molar-refractivity contribution in [2.45, 2.75) is 32.9 Å². The van der Waals surface area contributed by atoms with Gasteiger partial charge in [0.15, 0.2) is 0 Å². The third-order valence-corrected chi connectivity index (χ3v) is 3.21. The molecule has 6 heteroatoms. The van der Waals surface area contributed by atoms with E-state index in [1.807, 2.05) is 16.9 Å². The first kappa shape index (κ1) is 15.0. The minimum Gasteiger partial charge on any atom is -0.487 e. The Morgan fingerprint density at radius 2 is 2.24 bits per heavy atom. The molecule has 0 aliphatic carbocycles. The number of carboxylic acid groups (broad SMARTS) is 1. The summed E-state index contributed by atoms with van der Waals surface area (Å²) in [5, 5.41) is 13.2. The molecule has 1 heterocycles. The quantitative estimate of drug-likeness (QED) is 0.887. The molecule has 0 fully saturated rings. The van der Waals surface area contributed by atoms with Crippen LogP contribution in [0.1, 0.15) is 42.4 Å². The fourth-order valence-electron chi connectivity index (χ4n) is 1.81. The molecule has 0 spiro atoms. The molecule has 2 rings (SSSR count). The highest BCUT2D eigenvalue weighted by atomic mass is 19.1. The highest BCUT2D eigenvalue weighted by Gasteiger charge is 2.09. The van der Waals surface area contributed by atoms with Gasteiger partial charge in [-0.3, -0.25) is 4.68 Å². The predicted molar refractivity (Wildman–Crippen MR) is 74.9 cm³/mol. The number of ether oxygens (including phenoxy) is 1. The summed E-state index contributed by atoms with van der Waals surface area (Å²) in [6.07, 6.45) is 2.83. The summed E-state index contributed by atoms with van der Waals surface area (Å²) in [6.45, 7) is 4.29. The first-order valence-electron chi connectivity index (χ1n) is 6.70. The van der Waals surface area contributed by atoms with Crippen LogP contribution in [0.25, 0.3) is 0 Å². The van der Waals surface area contributed by atoms with E-state index in [0.717, 1.165) is 18.6 Å². The molecule has 1 N–H and O–H groups in total. The maximum Gasteiger partial charge on any atom is 0.335 e. The lowest BCUT2D eigenvalue weighted by molar-refractivity contribution is 0.0695. The van der Waals surface area contributed by atoms with Crippen molar-refractivity contribution in [1.29, 1.82) is 0 Å². The Labute approximate surface area is 122 Å². The molecule has 0 aliphatic heterocycles. The second-order valence-corrected chi connectivity index (χ2v) is 4.81. The molecule has 1 unspecified atom stereocenters. The van der Waals surface area contributed by atoms with Gasteiger partial charge in [0.05, 0.1) is 11.3 Å². The topological polar surface area (TPSA) is 64.3 Å². The molecular formula is C15H17FN2O3. The van der Waals surface area contributed by atoms with Crippen LogP contribution >= 0.6 is 0 Å². The summed E-state index contributed by atoms with van der Waals surface area (Å²) < 4.78 is 20.6. The largest absolute Gasteiger partial charge is 0.487 e. The zero-order valence-electron chi connectivity index (χ0n) is 11.9. The van der Waals surface area contributed by atoms with Gasteiger partial charge in [-0.1, -0.05) is 6.92 Å². The highest BCUT2D eigenvalue weighted by molar-refractivity contribution is 5.88. The summed E-state index contributed by atoms with van der Waals surface area (Å²) in [4.78, 5) is 10.9. The van der Waals surface area contributed by atoms with E-state index in [9.17, 15) is 9.18 Å². The van der Waals surface area contributed by atoms with E-state index in [4.69, 9.17) is 9.84 Å². The van der Waals surface area contributed by atoms with Crippen molar-refractivity contribution >= 4 is 5.97 Å². The minimum absolute atomic E-state index is 0.143. The maximum absolute atomic E-state index is 13.3. The van der Waals surface area contributed by atoms with Crippen LogP contribution in [-0.4, -0.2) is 20.9 Å². The fourth-order valence-corrected chi connectivity index (χ4v) is 1.81. The van der Waals surface area contributed by atoms with Crippen LogP contribution in [0, 0.1) is 5.82 Å². The Hall–Kier alpha value is -2.37. The monoisotopic (exact) mass is 292 g/mol. The third-order valence-electron chi connectivity index (χ3n) is 3.21. The van der Waals surface area contributed by atoms with Crippen LogP contribution in [0.4, 0.5) is 4.39 Å². The summed E-state index contributed by atoms with van der Waals surface area (Å²) in [5.74, 6) is -1.67. The zero-order chi connectivity index (χ0) is 15.4. The molecule has 1 aromatic heterocycles. The molecule has 0 saturated heterocycles. The van der Waals surface area contributed by atoms with E-state index in [1.165, 1.54) is 6.07 Å². The maximum atomic E-state index is 13.3. The smallest absolute Gasteiger partial charge is 0.335 e. The lowest BCUT2D eigenvalue weighted by Gasteiger charge is -2.08. The van der Waals surface area contributed by atoms with Gasteiger partial charge in [0.25, 0.3) is 0 Å². The standard InChI is InChI=1S/C15H17FN2O3/c1-3-10(2)18-5-4-13(17-18)9-21-14-7-11(15(19)20)6-12(16)8-14/h4-8,10H,3,9H2,1-2H3,(H,19,20). The van der Waals surface area contributed by atoms with Gasteiger partial charge in [0.2, 0.25) is 0 Å². The van der Waals surface area contributed by atoms with Gasteiger partial charge in [-0.2, -0.15) is 5.10 Å². The van der Waals surface area contributed by atoms with Crippen LogP contribution in [0.5, 0.6) is 5.75 Å². The number of nitrogens with zero attached hydrogens (tertiary/aromatic N) is 2. The first-order chi connectivity index (χ1) is 9.99. The van der Waals surface area contributed by atoms with Gasteiger partial charge in [-0.15, -0.1) is 0 Å². The number of aromatic nitrogens is 2. The number of halogens is 1. The minimum atomic E-state index is -1.19. The Morgan fingerprint density at radius 3 is 2.90 bits per heavy atom. The molecule has 21 heavy (non-hydrogen) atoms. The molecule has 2 aromatic rings. The van der Waals surface area contributed by atoms with Gasteiger partial charge >= 0.3 is 5.97 Å². The van der Waals surface area contributed by atoms with Gasteiger partial charge in [0.1, 0.15) is 18.2 Å². The SMILES string of the molecule is CCC(C)n1ccc(COc2cc(F)cc(C(=O)O)c2)n1.